The zero-order valence-corrected chi connectivity index (χ0v) is 8.97. The molecular weight excluding hydrogens is 194 g/mol. The van der Waals surface area contributed by atoms with E-state index in [0.717, 1.165) is 6.42 Å². The van der Waals surface area contributed by atoms with Gasteiger partial charge in [0.05, 0.1) is 11.5 Å². The van der Waals surface area contributed by atoms with Gasteiger partial charge in [-0.25, -0.2) is 0 Å². The van der Waals surface area contributed by atoms with Gasteiger partial charge in [-0.3, -0.25) is 10.1 Å². The molecule has 1 aromatic carbocycles. The smallest absolute Gasteiger partial charge is 0.310 e. The number of nitro groups is 1. The number of hydrogen-bond donors (Lipinski definition) is 0. The van der Waals surface area contributed by atoms with E-state index in [4.69, 9.17) is 4.74 Å². The Morgan fingerprint density at radius 1 is 1.47 bits per heavy atom. The Morgan fingerprint density at radius 3 is 2.73 bits per heavy atom. The highest BCUT2D eigenvalue weighted by Crippen LogP contribution is 2.26. The Kier molecular flexibility index (Phi) is 4.09. The Balaban J connectivity index is 2.72. The van der Waals surface area contributed by atoms with Gasteiger partial charge < -0.3 is 4.74 Å². The Morgan fingerprint density at radius 2 is 2.13 bits per heavy atom. The van der Waals surface area contributed by atoms with Crippen LogP contribution in [0.4, 0.5) is 5.69 Å². The van der Waals surface area contributed by atoms with E-state index >= 15 is 0 Å². The molecule has 0 radical (unpaired) electrons. The van der Waals surface area contributed by atoms with Crippen LogP contribution in [0.5, 0.6) is 5.75 Å². The van der Waals surface area contributed by atoms with Crippen LogP contribution in [0.3, 0.4) is 0 Å². The first kappa shape index (κ1) is 11.5. The summed E-state index contributed by atoms with van der Waals surface area (Å²) in [7, 11) is 0. The highest BCUT2D eigenvalue weighted by atomic mass is 16.6. The molecule has 0 amide bonds. The van der Waals surface area contributed by atoms with E-state index in [2.05, 4.69) is 13.8 Å². The van der Waals surface area contributed by atoms with Crippen molar-refractivity contribution in [2.45, 2.75) is 20.3 Å². The minimum atomic E-state index is -0.425. The summed E-state index contributed by atoms with van der Waals surface area (Å²) in [5, 5.41) is 10.7. The van der Waals surface area contributed by atoms with E-state index in [1.807, 2.05) is 0 Å². The zero-order valence-electron chi connectivity index (χ0n) is 8.97. The summed E-state index contributed by atoms with van der Waals surface area (Å²) in [5.41, 5.74) is 0.0285. The highest BCUT2D eigenvalue weighted by Gasteiger charge is 2.13. The molecule has 0 saturated heterocycles. The molecule has 82 valence electrons. The van der Waals surface area contributed by atoms with E-state index in [1.54, 1.807) is 18.2 Å². The third-order valence-corrected chi connectivity index (χ3v) is 2.28. The van der Waals surface area contributed by atoms with Crippen LogP contribution in [0.25, 0.3) is 0 Å². The van der Waals surface area contributed by atoms with E-state index in [1.165, 1.54) is 6.07 Å². The third-order valence-electron chi connectivity index (χ3n) is 2.28. The number of nitro benzene ring substituents is 1. The largest absolute Gasteiger partial charge is 0.487 e. The van der Waals surface area contributed by atoms with E-state index in [-0.39, 0.29) is 5.69 Å². The van der Waals surface area contributed by atoms with E-state index in [0.29, 0.717) is 18.3 Å². The van der Waals surface area contributed by atoms with Crippen molar-refractivity contribution in [3.8, 4) is 5.75 Å². The minimum Gasteiger partial charge on any atom is -0.487 e. The quantitative estimate of drug-likeness (QED) is 0.553. The average molecular weight is 209 g/mol. The Labute approximate surface area is 89.0 Å². The van der Waals surface area contributed by atoms with Crippen molar-refractivity contribution in [2.24, 2.45) is 5.92 Å². The lowest BCUT2D eigenvalue weighted by Gasteiger charge is -2.10. The average Bonchev–Trinajstić information content (AvgIpc) is 2.26. The van der Waals surface area contributed by atoms with Crippen LogP contribution in [-0.4, -0.2) is 11.5 Å². The molecule has 0 spiro atoms. The zero-order chi connectivity index (χ0) is 11.3. The molecule has 0 N–H and O–H groups in total. The summed E-state index contributed by atoms with van der Waals surface area (Å²) in [6.45, 7) is 4.63. The molecule has 0 bridgehead atoms. The van der Waals surface area contributed by atoms with E-state index < -0.39 is 4.92 Å². The monoisotopic (exact) mass is 209 g/mol. The molecule has 4 nitrogen and oxygen atoms in total. The first-order chi connectivity index (χ1) is 7.15. The van der Waals surface area contributed by atoms with Gasteiger partial charge in [0.1, 0.15) is 0 Å². The molecule has 0 saturated carbocycles. The van der Waals surface area contributed by atoms with Crippen LogP contribution in [0.2, 0.25) is 0 Å². The van der Waals surface area contributed by atoms with Gasteiger partial charge in [0.2, 0.25) is 0 Å². The summed E-state index contributed by atoms with van der Waals surface area (Å²) < 4.78 is 5.41. The van der Waals surface area contributed by atoms with Crippen molar-refractivity contribution < 1.29 is 9.66 Å². The van der Waals surface area contributed by atoms with Crippen LogP contribution >= 0.6 is 0 Å². The van der Waals surface area contributed by atoms with Crippen LogP contribution in [0.1, 0.15) is 20.3 Å². The van der Waals surface area contributed by atoms with Crippen LogP contribution in [0.15, 0.2) is 24.3 Å². The lowest BCUT2D eigenvalue weighted by molar-refractivity contribution is -0.385. The number of rotatable bonds is 5. The van der Waals surface area contributed by atoms with Gasteiger partial charge in [0.15, 0.2) is 5.75 Å². The maximum Gasteiger partial charge on any atom is 0.310 e. The molecule has 0 aromatic heterocycles. The van der Waals surface area contributed by atoms with Gasteiger partial charge in [0.25, 0.3) is 0 Å². The molecule has 0 aliphatic carbocycles. The van der Waals surface area contributed by atoms with Gasteiger partial charge in [0, 0.05) is 6.07 Å². The Hall–Kier alpha value is -1.58. The van der Waals surface area contributed by atoms with Gasteiger partial charge >= 0.3 is 5.69 Å². The molecule has 4 heteroatoms. The van der Waals surface area contributed by atoms with Crippen molar-refractivity contribution in [1.82, 2.24) is 0 Å². The lowest BCUT2D eigenvalue weighted by Crippen LogP contribution is -2.08. The number of benzene rings is 1. The normalized spacial score (nSPS) is 12.1. The highest BCUT2D eigenvalue weighted by molar-refractivity contribution is 5.45. The van der Waals surface area contributed by atoms with Gasteiger partial charge in [-0.15, -0.1) is 0 Å². The lowest BCUT2D eigenvalue weighted by atomic mass is 10.1. The molecule has 0 aliphatic heterocycles. The molecular formula is C11H15NO3. The first-order valence-corrected chi connectivity index (χ1v) is 5.01. The third kappa shape index (κ3) is 3.23. The predicted molar refractivity (Wildman–Crippen MR) is 58.0 cm³/mol. The van der Waals surface area contributed by atoms with Gasteiger partial charge in [-0.2, -0.15) is 0 Å². The van der Waals surface area contributed by atoms with Crippen molar-refractivity contribution in [2.75, 3.05) is 6.61 Å². The van der Waals surface area contributed by atoms with Gasteiger partial charge in [-0.1, -0.05) is 32.4 Å². The second kappa shape index (κ2) is 5.34. The van der Waals surface area contributed by atoms with Crippen LogP contribution in [-0.2, 0) is 0 Å². The fourth-order valence-electron chi connectivity index (χ4n) is 1.08. The second-order valence-electron chi connectivity index (χ2n) is 3.55. The van der Waals surface area contributed by atoms with Crippen molar-refractivity contribution >= 4 is 5.69 Å². The number of nitrogens with zero attached hydrogens (tertiary/aromatic N) is 1. The van der Waals surface area contributed by atoms with Crippen molar-refractivity contribution in [1.29, 1.82) is 0 Å². The molecule has 1 unspecified atom stereocenters. The van der Waals surface area contributed by atoms with Crippen molar-refractivity contribution in [3.05, 3.63) is 34.4 Å². The second-order valence-corrected chi connectivity index (χ2v) is 3.55. The molecule has 0 aliphatic rings. The number of ether oxygens (including phenoxy) is 1. The maximum atomic E-state index is 10.7. The standard InChI is InChI=1S/C11H15NO3/c1-3-9(2)8-15-11-7-5-4-6-10(11)12(13)14/h4-7,9H,3,8H2,1-2H3. The van der Waals surface area contributed by atoms with Crippen LogP contribution < -0.4 is 4.74 Å². The molecule has 1 atom stereocenters. The minimum absolute atomic E-state index is 0.0285. The predicted octanol–water partition coefficient (Wildman–Crippen LogP) is 3.02. The molecule has 1 aromatic rings. The summed E-state index contributed by atoms with van der Waals surface area (Å²) in [4.78, 5) is 10.2. The maximum absolute atomic E-state index is 10.7. The fourth-order valence-corrected chi connectivity index (χ4v) is 1.08. The van der Waals surface area contributed by atoms with Crippen LogP contribution in [0, 0.1) is 16.0 Å². The van der Waals surface area contributed by atoms with Gasteiger partial charge in [-0.05, 0) is 12.0 Å². The molecule has 15 heavy (non-hydrogen) atoms. The molecule has 0 heterocycles. The van der Waals surface area contributed by atoms with E-state index in [9.17, 15) is 10.1 Å². The Bertz CT molecular complexity index is 338. The fraction of sp³-hybridized carbons (Fsp3) is 0.455. The summed E-state index contributed by atoms with van der Waals surface area (Å²) in [6, 6.07) is 6.44. The molecule has 1 rings (SSSR count). The number of para-hydroxylation sites is 2. The summed E-state index contributed by atoms with van der Waals surface area (Å²) in [5.74, 6) is 0.757. The number of hydrogen-bond acceptors (Lipinski definition) is 3. The SMILES string of the molecule is CCC(C)COc1ccccc1[N+](=O)[O-]. The summed E-state index contributed by atoms with van der Waals surface area (Å²) >= 11 is 0. The van der Waals surface area contributed by atoms with Crippen molar-refractivity contribution in [3.63, 3.8) is 0 Å². The first-order valence-electron chi connectivity index (χ1n) is 5.01. The molecule has 0 fully saturated rings. The topological polar surface area (TPSA) is 52.4 Å². The summed E-state index contributed by atoms with van der Waals surface area (Å²) in [6.07, 6.45) is 1.00.